The zero-order chi connectivity index (χ0) is 12.9. The third-order valence-electron chi connectivity index (χ3n) is 2.03. The SMILES string of the molecule is CCCCOC(=N)CC(=NC#N)OCCCC. The van der Waals surface area contributed by atoms with E-state index in [0.29, 0.717) is 13.2 Å². The molecule has 0 aromatic carbocycles. The van der Waals surface area contributed by atoms with Gasteiger partial charge in [0.2, 0.25) is 12.1 Å². The summed E-state index contributed by atoms with van der Waals surface area (Å²) in [5.41, 5.74) is 0. The van der Waals surface area contributed by atoms with E-state index in [0.717, 1.165) is 25.7 Å². The molecule has 0 aliphatic carbocycles. The standard InChI is InChI=1S/C12H21N3O2/c1-3-5-7-16-11(14)9-12(15-10-13)17-8-6-4-2/h14H,3-9H2,1-2H3. The molecular formula is C12H21N3O2. The first-order valence-corrected chi connectivity index (χ1v) is 6.03. The second kappa shape index (κ2) is 10.9. The Morgan fingerprint density at radius 3 is 2.29 bits per heavy atom. The lowest BCUT2D eigenvalue weighted by Gasteiger charge is -2.09. The summed E-state index contributed by atoms with van der Waals surface area (Å²) in [6, 6.07) is 0. The fourth-order valence-corrected chi connectivity index (χ4v) is 1.04. The highest BCUT2D eigenvalue weighted by Gasteiger charge is 2.06. The highest BCUT2D eigenvalue weighted by molar-refractivity contribution is 5.95. The molecule has 0 bridgehead atoms. The molecule has 0 aromatic heterocycles. The number of nitrogens with zero attached hydrogens (tertiary/aromatic N) is 2. The number of unbranched alkanes of at least 4 members (excludes halogenated alkanes) is 2. The summed E-state index contributed by atoms with van der Waals surface area (Å²) in [5, 5.41) is 16.1. The van der Waals surface area contributed by atoms with E-state index in [-0.39, 0.29) is 18.2 Å². The van der Waals surface area contributed by atoms with Crippen molar-refractivity contribution in [3.8, 4) is 6.19 Å². The molecule has 0 rings (SSSR count). The Bertz CT molecular complexity index is 282. The lowest BCUT2D eigenvalue weighted by molar-refractivity contribution is 0.272. The number of hydrogen-bond donors (Lipinski definition) is 1. The predicted octanol–water partition coefficient (Wildman–Crippen LogP) is 2.87. The molecule has 0 aliphatic heterocycles. The van der Waals surface area contributed by atoms with Crippen LogP contribution in [0.5, 0.6) is 0 Å². The largest absolute Gasteiger partial charge is 0.481 e. The Hall–Kier alpha value is -1.57. The maximum atomic E-state index is 8.49. The smallest absolute Gasteiger partial charge is 0.208 e. The average molecular weight is 239 g/mol. The predicted molar refractivity (Wildman–Crippen MR) is 67.1 cm³/mol. The van der Waals surface area contributed by atoms with Gasteiger partial charge in [-0.05, 0) is 12.8 Å². The first-order valence-electron chi connectivity index (χ1n) is 6.03. The van der Waals surface area contributed by atoms with Gasteiger partial charge in [-0.2, -0.15) is 5.26 Å². The quantitative estimate of drug-likeness (QED) is 0.306. The molecular weight excluding hydrogens is 218 g/mol. The second-order valence-corrected chi connectivity index (χ2v) is 3.61. The Kier molecular flexibility index (Phi) is 9.92. The second-order valence-electron chi connectivity index (χ2n) is 3.61. The third kappa shape index (κ3) is 9.36. The van der Waals surface area contributed by atoms with Gasteiger partial charge in [0.05, 0.1) is 13.2 Å². The van der Waals surface area contributed by atoms with Gasteiger partial charge in [0.25, 0.3) is 0 Å². The van der Waals surface area contributed by atoms with Gasteiger partial charge in [-0.25, -0.2) is 0 Å². The van der Waals surface area contributed by atoms with Crippen LogP contribution in [-0.2, 0) is 9.47 Å². The molecule has 0 atom stereocenters. The van der Waals surface area contributed by atoms with Gasteiger partial charge in [0, 0.05) is 0 Å². The van der Waals surface area contributed by atoms with Crippen molar-refractivity contribution in [1.29, 1.82) is 10.7 Å². The van der Waals surface area contributed by atoms with Crippen molar-refractivity contribution in [2.45, 2.75) is 46.0 Å². The fraction of sp³-hybridized carbons (Fsp3) is 0.750. The molecule has 17 heavy (non-hydrogen) atoms. The maximum Gasteiger partial charge on any atom is 0.208 e. The van der Waals surface area contributed by atoms with Crippen molar-refractivity contribution in [2.24, 2.45) is 4.99 Å². The highest BCUT2D eigenvalue weighted by Crippen LogP contribution is 1.98. The Morgan fingerprint density at radius 1 is 1.18 bits per heavy atom. The van der Waals surface area contributed by atoms with E-state index in [9.17, 15) is 0 Å². The molecule has 5 heteroatoms. The summed E-state index contributed by atoms with van der Waals surface area (Å²) >= 11 is 0. The summed E-state index contributed by atoms with van der Waals surface area (Å²) in [6.45, 7) is 5.17. The molecule has 0 fully saturated rings. The highest BCUT2D eigenvalue weighted by atomic mass is 16.5. The molecule has 1 N–H and O–H groups in total. The normalized spacial score (nSPS) is 10.8. The lowest BCUT2D eigenvalue weighted by atomic mass is 10.3. The van der Waals surface area contributed by atoms with E-state index in [2.05, 4.69) is 18.8 Å². The summed E-state index contributed by atoms with van der Waals surface area (Å²) in [5.74, 6) is 0.367. The van der Waals surface area contributed by atoms with Crippen molar-refractivity contribution in [3.63, 3.8) is 0 Å². The Labute approximate surface area is 103 Å². The number of hydrogen-bond acceptors (Lipinski definition) is 5. The monoisotopic (exact) mass is 239 g/mol. The number of rotatable bonds is 8. The minimum Gasteiger partial charge on any atom is -0.481 e. The van der Waals surface area contributed by atoms with Crippen LogP contribution < -0.4 is 0 Å². The molecule has 0 unspecified atom stereocenters. The number of nitrogens with one attached hydrogen (secondary N) is 1. The molecule has 0 saturated heterocycles. The van der Waals surface area contributed by atoms with Crippen LogP contribution in [0.1, 0.15) is 46.0 Å². The topological polar surface area (TPSA) is 78.5 Å². The summed E-state index contributed by atoms with van der Waals surface area (Å²) in [6.07, 6.45) is 5.71. The fourth-order valence-electron chi connectivity index (χ4n) is 1.04. The molecule has 0 aromatic rings. The molecule has 5 nitrogen and oxygen atoms in total. The zero-order valence-corrected chi connectivity index (χ0v) is 10.7. The number of ether oxygens (including phenoxy) is 2. The molecule has 96 valence electrons. The minimum atomic E-state index is 0.101. The average Bonchev–Trinajstić information content (AvgIpc) is 2.30. The van der Waals surface area contributed by atoms with Crippen LogP contribution in [0.4, 0.5) is 0 Å². The van der Waals surface area contributed by atoms with E-state index in [1.807, 2.05) is 0 Å². The van der Waals surface area contributed by atoms with Crippen LogP contribution in [0.3, 0.4) is 0 Å². The van der Waals surface area contributed by atoms with Crippen LogP contribution >= 0.6 is 0 Å². The van der Waals surface area contributed by atoms with Gasteiger partial charge >= 0.3 is 0 Å². The van der Waals surface area contributed by atoms with E-state index < -0.39 is 0 Å². The van der Waals surface area contributed by atoms with Gasteiger partial charge < -0.3 is 9.47 Å². The lowest BCUT2D eigenvalue weighted by Crippen LogP contribution is -2.14. The Balaban J connectivity index is 3.95. The molecule has 0 spiro atoms. The molecule has 0 saturated carbocycles. The van der Waals surface area contributed by atoms with E-state index in [4.69, 9.17) is 20.1 Å². The van der Waals surface area contributed by atoms with Gasteiger partial charge in [-0.1, -0.05) is 26.7 Å². The Morgan fingerprint density at radius 2 is 1.76 bits per heavy atom. The van der Waals surface area contributed by atoms with Crippen molar-refractivity contribution < 1.29 is 9.47 Å². The van der Waals surface area contributed by atoms with E-state index in [1.54, 1.807) is 6.19 Å². The maximum absolute atomic E-state index is 8.49. The zero-order valence-electron chi connectivity index (χ0n) is 10.7. The van der Waals surface area contributed by atoms with Crippen LogP contribution in [0, 0.1) is 16.9 Å². The van der Waals surface area contributed by atoms with E-state index in [1.165, 1.54) is 0 Å². The first-order chi connectivity index (χ1) is 8.24. The van der Waals surface area contributed by atoms with Crippen LogP contribution in [0.15, 0.2) is 4.99 Å². The summed E-state index contributed by atoms with van der Waals surface area (Å²) < 4.78 is 10.5. The summed E-state index contributed by atoms with van der Waals surface area (Å²) in [4.78, 5) is 3.54. The molecule has 0 amide bonds. The van der Waals surface area contributed by atoms with Gasteiger partial charge in [-0.15, -0.1) is 4.99 Å². The van der Waals surface area contributed by atoms with Crippen molar-refractivity contribution >= 4 is 11.8 Å². The number of aliphatic imine (C=N–C) groups is 1. The minimum absolute atomic E-state index is 0.101. The first kappa shape index (κ1) is 15.4. The number of nitriles is 1. The molecule has 0 aliphatic rings. The van der Waals surface area contributed by atoms with Crippen LogP contribution in [-0.4, -0.2) is 25.0 Å². The van der Waals surface area contributed by atoms with Crippen molar-refractivity contribution in [3.05, 3.63) is 0 Å². The van der Waals surface area contributed by atoms with Gasteiger partial charge in [0.1, 0.15) is 6.42 Å². The van der Waals surface area contributed by atoms with Crippen molar-refractivity contribution in [1.82, 2.24) is 0 Å². The van der Waals surface area contributed by atoms with Crippen molar-refractivity contribution in [2.75, 3.05) is 13.2 Å². The van der Waals surface area contributed by atoms with Gasteiger partial charge in [-0.3, -0.25) is 5.41 Å². The van der Waals surface area contributed by atoms with Gasteiger partial charge in [0.15, 0.2) is 5.90 Å². The van der Waals surface area contributed by atoms with Crippen LogP contribution in [0.2, 0.25) is 0 Å². The van der Waals surface area contributed by atoms with E-state index >= 15 is 0 Å². The third-order valence-corrected chi connectivity index (χ3v) is 2.03. The molecule has 0 radical (unpaired) electrons. The van der Waals surface area contributed by atoms with Crippen LogP contribution in [0.25, 0.3) is 0 Å². The summed E-state index contributed by atoms with van der Waals surface area (Å²) in [7, 11) is 0. The molecule has 0 heterocycles.